The van der Waals surface area contributed by atoms with Crippen LogP contribution in [0.2, 0.25) is 0 Å². The molecule has 0 saturated heterocycles. The molecule has 0 aliphatic rings. The lowest BCUT2D eigenvalue weighted by Gasteiger charge is -2.15. The Labute approximate surface area is 172 Å². The van der Waals surface area contributed by atoms with Crippen LogP contribution in [-0.4, -0.2) is 43.8 Å². The van der Waals surface area contributed by atoms with Crippen molar-refractivity contribution < 1.29 is 18.0 Å². The SMILES string of the molecule is [B]C(=O)N[C@@H](C)Cn1nc(CC)c(S(=O)(=O)c2cccc(NC(C)=O)c2)c1CC. The van der Waals surface area contributed by atoms with Crippen molar-refractivity contribution in [2.75, 3.05) is 5.32 Å². The number of hydrogen-bond donors (Lipinski definition) is 2. The van der Waals surface area contributed by atoms with E-state index in [1.807, 2.05) is 13.8 Å². The summed E-state index contributed by atoms with van der Waals surface area (Å²) in [5, 5.41) is 9.66. The maximum atomic E-state index is 13.5. The maximum absolute atomic E-state index is 13.5. The topological polar surface area (TPSA) is 110 Å². The summed E-state index contributed by atoms with van der Waals surface area (Å²) < 4.78 is 28.5. The van der Waals surface area contributed by atoms with E-state index in [4.69, 9.17) is 7.85 Å². The van der Waals surface area contributed by atoms with Crippen molar-refractivity contribution in [1.29, 1.82) is 0 Å². The number of sulfone groups is 1. The summed E-state index contributed by atoms with van der Waals surface area (Å²) in [5.41, 5.74) is 1.42. The molecule has 2 amide bonds. The average Bonchev–Trinajstić information content (AvgIpc) is 2.98. The molecule has 1 aromatic heterocycles. The Bertz CT molecular complexity index is 1020. The third-order valence-electron chi connectivity index (χ3n) is 4.32. The molecule has 0 spiro atoms. The minimum Gasteiger partial charge on any atom is -0.362 e. The van der Waals surface area contributed by atoms with Crippen molar-refractivity contribution >= 4 is 35.1 Å². The summed E-state index contributed by atoms with van der Waals surface area (Å²) in [4.78, 5) is 22.7. The third kappa shape index (κ3) is 5.26. The van der Waals surface area contributed by atoms with Crippen LogP contribution in [-0.2, 0) is 34.0 Å². The minimum absolute atomic E-state index is 0.0796. The Morgan fingerprint density at radius 1 is 1.24 bits per heavy atom. The van der Waals surface area contributed by atoms with E-state index in [-0.39, 0.29) is 21.7 Å². The number of benzene rings is 1. The molecule has 0 fully saturated rings. The number of nitrogens with zero attached hydrogens (tertiary/aromatic N) is 2. The third-order valence-corrected chi connectivity index (χ3v) is 6.20. The summed E-state index contributed by atoms with van der Waals surface area (Å²) in [7, 11) is 1.30. The van der Waals surface area contributed by atoms with Gasteiger partial charge in [-0.25, -0.2) is 8.42 Å². The Morgan fingerprint density at radius 3 is 2.48 bits per heavy atom. The molecular formula is C19H25BN4O4S. The lowest BCUT2D eigenvalue weighted by Crippen LogP contribution is -2.35. The molecule has 0 aliphatic heterocycles. The Hall–Kier alpha value is -2.62. The molecule has 0 bridgehead atoms. The van der Waals surface area contributed by atoms with Gasteiger partial charge in [0.2, 0.25) is 23.6 Å². The molecule has 1 heterocycles. The van der Waals surface area contributed by atoms with Gasteiger partial charge >= 0.3 is 0 Å². The monoisotopic (exact) mass is 416 g/mol. The normalized spacial score (nSPS) is 12.4. The molecule has 0 unspecified atom stereocenters. The predicted molar refractivity (Wildman–Crippen MR) is 111 cm³/mol. The van der Waals surface area contributed by atoms with Gasteiger partial charge in [0.1, 0.15) is 4.90 Å². The second kappa shape index (κ2) is 9.26. The van der Waals surface area contributed by atoms with Gasteiger partial charge in [0.15, 0.2) is 5.81 Å². The lowest BCUT2D eigenvalue weighted by molar-refractivity contribution is -0.114. The molecule has 154 valence electrons. The molecule has 2 radical (unpaired) electrons. The van der Waals surface area contributed by atoms with Crippen molar-refractivity contribution in [3.63, 3.8) is 0 Å². The Balaban J connectivity index is 2.54. The van der Waals surface area contributed by atoms with Gasteiger partial charge in [0.25, 0.3) is 0 Å². The fourth-order valence-corrected chi connectivity index (χ4v) is 5.01. The summed E-state index contributed by atoms with van der Waals surface area (Å²) in [5.74, 6) is -0.937. The number of anilines is 1. The van der Waals surface area contributed by atoms with E-state index >= 15 is 0 Å². The van der Waals surface area contributed by atoms with Crippen LogP contribution >= 0.6 is 0 Å². The van der Waals surface area contributed by atoms with Gasteiger partial charge in [0.05, 0.1) is 22.8 Å². The zero-order valence-electron chi connectivity index (χ0n) is 17.0. The van der Waals surface area contributed by atoms with E-state index in [1.54, 1.807) is 23.7 Å². The highest BCUT2D eigenvalue weighted by atomic mass is 32.2. The highest BCUT2D eigenvalue weighted by molar-refractivity contribution is 7.91. The molecule has 2 N–H and O–H groups in total. The Morgan fingerprint density at radius 2 is 1.93 bits per heavy atom. The summed E-state index contributed by atoms with van der Waals surface area (Å²) in [6.07, 6.45) is 0.869. The molecule has 2 aromatic rings. The number of carbonyl (C=O) groups is 2. The number of amides is 2. The summed E-state index contributed by atoms with van der Waals surface area (Å²) in [6, 6.07) is 5.82. The zero-order valence-corrected chi connectivity index (χ0v) is 17.8. The molecule has 1 aromatic carbocycles. The van der Waals surface area contributed by atoms with E-state index in [2.05, 4.69) is 15.7 Å². The number of hydrogen-bond acceptors (Lipinski definition) is 5. The van der Waals surface area contributed by atoms with Crippen molar-refractivity contribution in [1.82, 2.24) is 15.1 Å². The van der Waals surface area contributed by atoms with Crippen LogP contribution in [0, 0.1) is 0 Å². The van der Waals surface area contributed by atoms with Crippen LogP contribution in [0.25, 0.3) is 0 Å². The molecule has 1 atom stereocenters. The van der Waals surface area contributed by atoms with Gasteiger partial charge in [0, 0.05) is 18.7 Å². The molecule has 10 heteroatoms. The highest BCUT2D eigenvalue weighted by Gasteiger charge is 2.29. The summed E-state index contributed by atoms with van der Waals surface area (Å²) in [6.45, 7) is 7.11. The van der Waals surface area contributed by atoms with Gasteiger partial charge in [-0.3, -0.25) is 14.3 Å². The van der Waals surface area contributed by atoms with Crippen molar-refractivity contribution in [3.05, 3.63) is 35.7 Å². The predicted octanol–water partition coefficient (Wildman–Crippen LogP) is 2.07. The largest absolute Gasteiger partial charge is 0.362 e. The van der Waals surface area contributed by atoms with Crippen molar-refractivity contribution in [2.45, 2.75) is 62.9 Å². The number of aromatic nitrogens is 2. The quantitative estimate of drug-likeness (QED) is 0.641. The van der Waals surface area contributed by atoms with E-state index in [1.165, 1.54) is 19.1 Å². The number of rotatable bonds is 8. The first-order chi connectivity index (χ1) is 13.6. The van der Waals surface area contributed by atoms with Crippen LogP contribution < -0.4 is 10.6 Å². The van der Waals surface area contributed by atoms with Crippen LogP contribution in [0.5, 0.6) is 0 Å². The van der Waals surface area contributed by atoms with Crippen LogP contribution in [0.4, 0.5) is 10.5 Å². The minimum atomic E-state index is -3.87. The lowest BCUT2D eigenvalue weighted by atomic mass is 10.1. The molecule has 0 aliphatic carbocycles. The molecule has 8 nitrogen and oxygen atoms in total. The smallest absolute Gasteiger partial charge is 0.221 e. The van der Waals surface area contributed by atoms with Crippen molar-refractivity contribution in [3.8, 4) is 0 Å². The van der Waals surface area contributed by atoms with E-state index in [0.717, 1.165) is 0 Å². The van der Waals surface area contributed by atoms with Crippen molar-refractivity contribution in [2.24, 2.45) is 0 Å². The second-order valence-corrected chi connectivity index (χ2v) is 8.62. The van der Waals surface area contributed by atoms with Crippen LogP contribution in [0.1, 0.15) is 39.1 Å². The van der Waals surface area contributed by atoms with E-state index in [9.17, 15) is 18.0 Å². The maximum Gasteiger partial charge on any atom is 0.221 e. The van der Waals surface area contributed by atoms with E-state index < -0.39 is 15.6 Å². The van der Waals surface area contributed by atoms with Gasteiger partial charge in [-0.15, -0.1) is 0 Å². The molecular weight excluding hydrogens is 391 g/mol. The fraction of sp³-hybridized carbons (Fsp3) is 0.421. The second-order valence-electron chi connectivity index (χ2n) is 6.73. The molecule has 2 rings (SSSR count). The van der Waals surface area contributed by atoms with Crippen LogP contribution in [0.15, 0.2) is 34.1 Å². The van der Waals surface area contributed by atoms with Gasteiger partial charge in [-0.1, -0.05) is 19.9 Å². The first-order valence-corrected chi connectivity index (χ1v) is 10.9. The van der Waals surface area contributed by atoms with Gasteiger partial charge in [-0.2, -0.15) is 5.10 Å². The number of aryl methyl sites for hydroxylation is 1. The number of carbonyl (C=O) groups excluding carboxylic acids is 2. The highest BCUT2D eigenvalue weighted by Crippen LogP contribution is 2.30. The van der Waals surface area contributed by atoms with Crippen LogP contribution in [0.3, 0.4) is 0 Å². The first kappa shape index (κ1) is 22.7. The fourth-order valence-electron chi connectivity index (χ4n) is 3.18. The first-order valence-electron chi connectivity index (χ1n) is 9.37. The Kier molecular flexibility index (Phi) is 7.24. The standard InChI is InChI=1S/C19H25BN4O4S/c1-5-16-18(17(6-2)24(23-16)11-12(3)21-19(20)26)29(27,28)15-9-7-8-14(10-15)22-13(4)25/h7-10,12H,5-6,11H2,1-4H3,(H,21,26)(H,22,25)/t12-/m0/s1. The molecule has 0 saturated carbocycles. The van der Waals surface area contributed by atoms with E-state index in [0.29, 0.717) is 36.5 Å². The zero-order chi connectivity index (χ0) is 21.8. The summed E-state index contributed by atoms with van der Waals surface area (Å²) >= 11 is 0. The average molecular weight is 416 g/mol. The molecule has 29 heavy (non-hydrogen) atoms. The van der Waals surface area contributed by atoms with Gasteiger partial charge < -0.3 is 10.6 Å². The van der Waals surface area contributed by atoms with Gasteiger partial charge in [-0.05, 0) is 38.0 Å². The number of nitrogens with one attached hydrogen (secondary N) is 2.